The standard InChI is InChI=1S/C18H16ClNO4/c1-18(2)17(23)20(10-11-4-3-5-13(19)8-11)14-9-12(16(21)22)6-7-15(14)24-18/h3-9H,10H2,1-2H3,(H,21,22). The third kappa shape index (κ3) is 2.95. The average molecular weight is 346 g/mol. The van der Waals surface area contributed by atoms with Crippen molar-refractivity contribution in [3.63, 3.8) is 0 Å². The summed E-state index contributed by atoms with van der Waals surface area (Å²) in [6.07, 6.45) is 0. The number of ether oxygens (including phenoxy) is 1. The zero-order chi connectivity index (χ0) is 17.5. The van der Waals surface area contributed by atoms with Gasteiger partial charge in [0.1, 0.15) is 5.75 Å². The Bertz CT molecular complexity index is 832. The number of carboxylic acids is 1. The van der Waals surface area contributed by atoms with Crippen LogP contribution in [0.25, 0.3) is 0 Å². The van der Waals surface area contributed by atoms with E-state index in [2.05, 4.69) is 0 Å². The normalized spacial score (nSPS) is 15.6. The van der Waals surface area contributed by atoms with E-state index in [1.54, 1.807) is 32.0 Å². The predicted molar refractivity (Wildman–Crippen MR) is 90.8 cm³/mol. The van der Waals surface area contributed by atoms with E-state index in [0.29, 0.717) is 16.5 Å². The summed E-state index contributed by atoms with van der Waals surface area (Å²) in [7, 11) is 0. The number of fused-ring (bicyclic) bond motifs is 1. The zero-order valence-corrected chi connectivity index (χ0v) is 14.0. The molecule has 0 saturated carbocycles. The molecule has 2 aromatic carbocycles. The van der Waals surface area contributed by atoms with Gasteiger partial charge < -0.3 is 14.7 Å². The molecule has 1 amide bonds. The Balaban J connectivity index is 2.07. The number of carbonyl (C=O) groups excluding carboxylic acids is 1. The van der Waals surface area contributed by atoms with Gasteiger partial charge in [0.05, 0.1) is 17.8 Å². The average Bonchev–Trinajstić information content (AvgIpc) is 2.51. The number of amides is 1. The van der Waals surface area contributed by atoms with Gasteiger partial charge in [0.15, 0.2) is 5.60 Å². The summed E-state index contributed by atoms with van der Waals surface area (Å²) in [5.74, 6) is -0.818. The first-order chi connectivity index (χ1) is 11.3. The van der Waals surface area contributed by atoms with E-state index >= 15 is 0 Å². The fraction of sp³-hybridized carbons (Fsp3) is 0.222. The van der Waals surface area contributed by atoms with E-state index in [9.17, 15) is 14.7 Å². The summed E-state index contributed by atoms with van der Waals surface area (Å²) in [6.45, 7) is 3.66. The summed E-state index contributed by atoms with van der Waals surface area (Å²) >= 11 is 6.02. The van der Waals surface area contributed by atoms with Crippen LogP contribution in [0.1, 0.15) is 29.8 Å². The summed E-state index contributed by atoms with van der Waals surface area (Å²) in [6, 6.07) is 11.7. The Labute approximate surface area is 144 Å². The maximum absolute atomic E-state index is 12.8. The van der Waals surface area contributed by atoms with E-state index in [0.717, 1.165) is 5.56 Å². The fourth-order valence-electron chi connectivity index (χ4n) is 2.68. The lowest BCUT2D eigenvalue weighted by atomic mass is 10.0. The van der Waals surface area contributed by atoms with Crippen molar-refractivity contribution in [3.05, 3.63) is 58.6 Å². The molecule has 0 saturated heterocycles. The summed E-state index contributed by atoms with van der Waals surface area (Å²) in [5, 5.41) is 9.78. The minimum Gasteiger partial charge on any atom is -0.478 e. The largest absolute Gasteiger partial charge is 0.478 e. The number of carboxylic acid groups (broad SMARTS) is 1. The van der Waals surface area contributed by atoms with Gasteiger partial charge in [0.2, 0.25) is 0 Å². The molecule has 0 unspecified atom stereocenters. The predicted octanol–water partition coefficient (Wildman–Crippen LogP) is 3.74. The molecule has 2 aromatic rings. The number of aromatic carboxylic acids is 1. The van der Waals surface area contributed by atoms with E-state index in [4.69, 9.17) is 16.3 Å². The Morgan fingerprint density at radius 1 is 1.25 bits per heavy atom. The molecule has 24 heavy (non-hydrogen) atoms. The molecule has 5 nitrogen and oxygen atoms in total. The molecule has 0 aromatic heterocycles. The number of rotatable bonds is 3. The van der Waals surface area contributed by atoms with E-state index in [1.807, 2.05) is 12.1 Å². The molecule has 6 heteroatoms. The lowest BCUT2D eigenvalue weighted by molar-refractivity contribution is -0.132. The monoisotopic (exact) mass is 345 g/mol. The number of hydrogen-bond acceptors (Lipinski definition) is 3. The van der Waals surface area contributed by atoms with Crippen LogP contribution in [-0.4, -0.2) is 22.6 Å². The number of anilines is 1. The number of nitrogens with zero attached hydrogens (tertiary/aromatic N) is 1. The molecule has 1 heterocycles. The van der Waals surface area contributed by atoms with Crippen LogP contribution in [0.5, 0.6) is 5.75 Å². The highest BCUT2D eigenvalue weighted by Crippen LogP contribution is 2.39. The van der Waals surface area contributed by atoms with Gasteiger partial charge in [0.25, 0.3) is 5.91 Å². The molecule has 124 valence electrons. The van der Waals surface area contributed by atoms with Crippen molar-refractivity contribution in [1.82, 2.24) is 0 Å². The van der Waals surface area contributed by atoms with Crippen LogP contribution < -0.4 is 9.64 Å². The molecule has 1 aliphatic heterocycles. The third-order valence-corrected chi connectivity index (χ3v) is 4.09. The smallest absolute Gasteiger partial charge is 0.335 e. The molecule has 0 atom stereocenters. The van der Waals surface area contributed by atoms with Gasteiger partial charge in [-0.3, -0.25) is 4.79 Å². The van der Waals surface area contributed by atoms with Crippen molar-refractivity contribution in [3.8, 4) is 5.75 Å². The first kappa shape index (κ1) is 16.3. The Morgan fingerprint density at radius 2 is 2.00 bits per heavy atom. The molecular weight excluding hydrogens is 330 g/mol. The second-order valence-electron chi connectivity index (χ2n) is 6.12. The van der Waals surface area contributed by atoms with Crippen LogP contribution in [0.4, 0.5) is 5.69 Å². The Morgan fingerprint density at radius 3 is 2.67 bits per heavy atom. The van der Waals surface area contributed by atoms with Gasteiger partial charge in [-0.25, -0.2) is 4.79 Å². The summed E-state index contributed by atoms with van der Waals surface area (Å²) < 4.78 is 5.75. The van der Waals surface area contributed by atoms with Gasteiger partial charge in [-0.15, -0.1) is 0 Å². The minimum absolute atomic E-state index is 0.0981. The minimum atomic E-state index is -1.06. The highest BCUT2D eigenvalue weighted by atomic mass is 35.5. The number of carbonyl (C=O) groups is 2. The van der Waals surface area contributed by atoms with Crippen molar-refractivity contribution in [2.45, 2.75) is 26.0 Å². The second kappa shape index (κ2) is 5.83. The number of halogens is 1. The van der Waals surface area contributed by atoms with E-state index in [1.165, 1.54) is 17.0 Å². The highest BCUT2D eigenvalue weighted by Gasteiger charge is 2.41. The third-order valence-electron chi connectivity index (χ3n) is 3.85. The molecular formula is C18H16ClNO4. The number of benzene rings is 2. The molecule has 1 aliphatic rings. The van der Waals surface area contributed by atoms with Crippen molar-refractivity contribution in [2.24, 2.45) is 0 Å². The van der Waals surface area contributed by atoms with Crippen LogP contribution in [0.2, 0.25) is 5.02 Å². The van der Waals surface area contributed by atoms with Crippen LogP contribution >= 0.6 is 11.6 Å². The first-order valence-electron chi connectivity index (χ1n) is 7.41. The Hall–Kier alpha value is -2.53. The molecule has 0 fully saturated rings. The van der Waals surface area contributed by atoms with Crippen molar-refractivity contribution in [1.29, 1.82) is 0 Å². The van der Waals surface area contributed by atoms with E-state index in [-0.39, 0.29) is 18.0 Å². The van der Waals surface area contributed by atoms with Gasteiger partial charge >= 0.3 is 5.97 Å². The molecule has 0 aliphatic carbocycles. The molecule has 0 bridgehead atoms. The van der Waals surface area contributed by atoms with Crippen LogP contribution in [-0.2, 0) is 11.3 Å². The van der Waals surface area contributed by atoms with Crippen molar-refractivity contribution < 1.29 is 19.4 Å². The maximum atomic E-state index is 12.8. The first-order valence-corrected chi connectivity index (χ1v) is 7.78. The van der Waals surface area contributed by atoms with Gasteiger partial charge in [-0.1, -0.05) is 23.7 Å². The van der Waals surface area contributed by atoms with Gasteiger partial charge in [0, 0.05) is 5.02 Å². The zero-order valence-electron chi connectivity index (χ0n) is 13.2. The SMILES string of the molecule is CC1(C)Oc2ccc(C(=O)O)cc2N(Cc2cccc(Cl)c2)C1=O. The van der Waals surface area contributed by atoms with Crippen molar-refractivity contribution in [2.75, 3.05) is 4.90 Å². The van der Waals surface area contributed by atoms with Crippen LogP contribution in [0.15, 0.2) is 42.5 Å². The maximum Gasteiger partial charge on any atom is 0.335 e. The summed E-state index contributed by atoms with van der Waals surface area (Å²) in [4.78, 5) is 25.6. The van der Waals surface area contributed by atoms with Gasteiger partial charge in [-0.2, -0.15) is 0 Å². The highest BCUT2D eigenvalue weighted by molar-refractivity contribution is 6.30. The summed E-state index contributed by atoms with van der Waals surface area (Å²) in [5.41, 5.74) is 0.358. The van der Waals surface area contributed by atoms with E-state index < -0.39 is 11.6 Å². The lowest BCUT2D eigenvalue weighted by Crippen LogP contribution is -2.52. The fourth-order valence-corrected chi connectivity index (χ4v) is 2.89. The molecule has 1 N–H and O–H groups in total. The second-order valence-corrected chi connectivity index (χ2v) is 6.56. The lowest BCUT2D eigenvalue weighted by Gasteiger charge is -2.39. The van der Waals surface area contributed by atoms with Crippen molar-refractivity contribution >= 4 is 29.2 Å². The molecule has 3 rings (SSSR count). The topological polar surface area (TPSA) is 66.8 Å². The molecule has 0 radical (unpaired) electrons. The van der Waals surface area contributed by atoms with Crippen LogP contribution in [0, 0.1) is 0 Å². The van der Waals surface area contributed by atoms with Crippen LogP contribution in [0.3, 0.4) is 0 Å². The van der Waals surface area contributed by atoms with Gasteiger partial charge in [-0.05, 0) is 49.7 Å². The Kier molecular flexibility index (Phi) is 3.97. The number of hydrogen-bond donors (Lipinski definition) is 1. The quantitative estimate of drug-likeness (QED) is 0.920. The molecule has 0 spiro atoms.